The number of rotatable bonds is 1. The zero-order valence-corrected chi connectivity index (χ0v) is 11.0. The van der Waals surface area contributed by atoms with Crippen LogP contribution in [0.3, 0.4) is 0 Å². The lowest BCUT2D eigenvalue weighted by Gasteiger charge is -2.49. The quantitative estimate of drug-likeness (QED) is 0.767. The maximum atomic E-state index is 9.75. The topological polar surface area (TPSA) is 23.5 Å². The van der Waals surface area contributed by atoms with Gasteiger partial charge in [0.05, 0.1) is 0 Å². The van der Waals surface area contributed by atoms with Crippen LogP contribution in [0.15, 0.2) is 36.4 Å². The van der Waals surface area contributed by atoms with Crippen LogP contribution in [0.25, 0.3) is 0 Å². The fraction of sp³-hybridized carbons (Fsp3) is 0.500. The number of fused-ring (bicyclic) bond motifs is 1. The van der Waals surface area contributed by atoms with E-state index < -0.39 is 0 Å². The van der Waals surface area contributed by atoms with Crippen molar-refractivity contribution in [2.45, 2.75) is 24.7 Å². The van der Waals surface area contributed by atoms with E-state index in [-0.39, 0.29) is 5.41 Å². The lowest BCUT2D eigenvalue weighted by molar-refractivity contribution is 0.106. The lowest BCUT2D eigenvalue weighted by atomic mass is 9.61. The Balaban J connectivity index is 2.02. The third-order valence-corrected chi connectivity index (χ3v) is 4.74. The van der Waals surface area contributed by atoms with E-state index in [4.69, 9.17) is 0 Å². The molecule has 3 rings (SSSR count). The fourth-order valence-electron chi connectivity index (χ4n) is 3.67. The number of benzene rings is 1. The van der Waals surface area contributed by atoms with Crippen molar-refractivity contribution in [1.29, 1.82) is 0 Å². The number of phenols is 1. The molecule has 1 heterocycles. The summed E-state index contributed by atoms with van der Waals surface area (Å²) >= 11 is 0. The third-order valence-electron chi connectivity index (χ3n) is 4.74. The maximum absolute atomic E-state index is 9.75. The van der Waals surface area contributed by atoms with E-state index in [0.29, 0.717) is 11.7 Å². The molecule has 2 aliphatic rings. The maximum Gasteiger partial charge on any atom is 0.115 e. The van der Waals surface area contributed by atoms with Crippen LogP contribution in [-0.2, 0) is 5.41 Å². The Morgan fingerprint density at radius 1 is 1.33 bits per heavy atom. The van der Waals surface area contributed by atoms with Crippen LogP contribution >= 0.6 is 0 Å². The molecule has 18 heavy (non-hydrogen) atoms. The minimum atomic E-state index is 0.250. The number of nitrogens with zero attached hydrogens (tertiary/aromatic N) is 1. The van der Waals surface area contributed by atoms with Crippen molar-refractivity contribution in [3.8, 4) is 5.75 Å². The highest BCUT2D eigenvalue weighted by Crippen LogP contribution is 2.47. The second-order valence-electron chi connectivity index (χ2n) is 5.83. The van der Waals surface area contributed by atoms with Crippen molar-refractivity contribution in [2.75, 3.05) is 20.1 Å². The van der Waals surface area contributed by atoms with Gasteiger partial charge < -0.3 is 10.0 Å². The van der Waals surface area contributed by atoms with Gasteiger partial charge in [-0.05, 0) is 56.5 Å². The van der Waals surface area contributed by atoms with Crippen LogP contribution in [-0.4, -0.2) is 30.1 Å². The molecule has 2 heteroatoms. The van der Waals surface area contributed by atoms with Gasteiger partial charge in [0.15, 0.2) is 0 Å². The number of allylic oxidation sites excluding steroid dienone is 2. The molecule has 1 fully saturated rings. The Bertz CT molecular complexity index is 468. The van der Waals surface area contributed by atoms with Gasteiger partial charge >= 0.3 is 0 Å². The molecular formula is C16H21NO. The molecule has 96 valence electrons. The van der Waals surface area contributed by atoms with E-state index in [0.717, 1.165) is 13.0 Å². The van der Waals surface area contributed by atoms with E-state index in [2.05, 4.69) is 30.2 Å². The van der Waals surface area contributed by atoms with Crippen LogP contribution in [0.4, 0.5) is 0 Å². The Morgan fingerprint density at radius 3 is 3.06 bits per heavy atom. The smallest absolute Gasteiger partial charge is 0.115 e. The highest BCUT2D eigenvalue weighted by atomic mass is 16.3. The van der Waals surface area contributed by atoms with Crippen LogP contribution in [0, 0.1) is 5.92 Å². The average Bonchev–Trinajstić information content (AvgIpc) is 2.38. The molecule has 1 N–H and O–H groups in total. The van der Waals surface area contributed by atoms with Gasteiger partial charge in [0.25, 0.3) is 0 Å². The first-order valence-electron chi connectivity index (χ1n) is 6.84. The fourth-order valence-corrected chi connectivity index (χ4v) is 3.67. The predicted molar refractivity (Wildman–Crippen MR) is 73.8 cm³/mol. The number of phenolic OH excluding ortho intramolecular Hbond substituents is 1. The molecule has 2 nitrogen and oxygen atoms in total. The molecular weight excluding hydrogens is 222 g/mol. The highest BCUT2D eigenvalue weighted by molar-refractivity contribution is 5.36. The van der Waals surface area contributed by atoms with E-state index in [1.165, 1.54) is 24.9 Å². The summed E-state index contributed by atoms with van der Waals surface area (Å²) < 4.78 is 0. The summed E-state index contributed by atoms with van der Waals surface area (Å²) in [5.41, 5.74) is 1.57. The number of hydrogen-bond acceptors (Lipinski definition) is 2. The van der Waals surface area contributed by atoms with Crippen molar-refractivity contribution < 1.29 is 5.11 Å². The van der Waals surface area contributed by atoms with Gasteiger partial charge in [0.2, 0.25) is 0 Å². The molecule has 1 aromatic rings. The van der Waals surface area contributed by atoms with Gasteiger partial charge in [0, 0.05) is 12.0 Å². The minimum Gasteiger partial charge on any atom is -0.508 e. The molecule has 0 unspecified atom stereocenters. The zero-order chi connectivity index (χ0) is 12.6. The Kier molecular flexibility index (Phi) is 2.90. The van der Waals surface area contributed by atoms with E-state index in [1.807, 2.05) is 12.1 Å². The standard InChI is InChI=1S/C16H21NO/c1-17-10-9-16(8-3-2-5-14(16)12-17)13-6-4-7-15(18)11-13/h2-4,6-7,11,14,18H,5,8-10,12H2,1H3/t14-,16+/m0/s1. The first kappa shape index (κ1) is 11.8. The number of likely N-dealkylation sites (tertiary alicyclic amines) is 1. The minimum absolute atomic E-state index is 0.250. The van der Waals surface area contributed by atoms with E-state index in [1.54, 1.807) is 6.07 Å². The summed E-state index contributed by atoms with van der Waals surface area (Å²) in [4.78, 5) is 2.44. The Labute approximate surface area is 109 Å². The van der Waals surface area contributed by atoms with Crippen LogP contribution < -0.4 is 0 Å². The van der Waals surface area contributed by atoms with Crippen molar-refractivity contribution in [2.24, 2.45) is 5.92 Å². The van der Waals surface area contributed by atoms with Crippen molar-refractivity contribution in [3.63, 3.8) is 0 Å². The van der Waals surface area contributed by atoms with Crippen LogP contribution in [0.1, 0.15) is 24.8 Å². The van der Waals surface area contributed by atoms with Crippen LogP contribution in [0.5, 0.6) is 5.75 Å². The van der Waals surface area contributed by atoms with Gasteiger partial charge in [-0.25, -0.2) is 0 Å². The summed E-state index contributed by atoms with van der Waals surface area (Å²) in [5.74, 6) is 1.08. The Morgan fingerprint density at radius 2 is 2.22 bits per heavy atom. The van der Waals surface area contributed by atoms with Crippen molar-refractivity contribution in [1.82, 2.24) is 4.90 Å². The van der Waals surface area contributed by atoms with Crippen molar-refractivity contribution in [3.05, 3.63) is 42.0 Å². The summed E-state index contributed by atoms with van der Waals surface area (Å²) in [6.45, 7) is 2.32. The summed E-state index contributed by atoms with van der Waals surface area (Å²) in [6, 6.07) is 7.91. The summed E-state index contributed by atoms with van der Waals surface area (Å²) in [7, 11) is 2.21. The van der Waals surface area contributed by atoms with Gasteiger partial charge in [-0.3, -0.25) is 0 Å². The average molecular weight is 243 g/mol. The van der Waals surface area contributed by atoms with Gasteiger partial charge in [-0.2, -0.15) is 0 Å². The molecule has 0 radical (unpaired) electrons. The molecule has 1 aliphatic carbocycles. The molecule has 0 spiro atoms. The van der Waals surface area contributed by atoms with Gasteiger partial charge in [0.1, 0.15) is 5.75 Å². The number of hydrogen-bond donors (Lipinski definition) is 1. The first-order valence-corrected chi connectivity index (χ1v) is 6.84. The molecule has 0 bridgehead atoms. The molecule has 1 aliphatic heterocycles. The number of piperidine rings is 1. The molecule has 1 saturated heterocycles. The lowest BCUT2D eigenvalue weighted by Crippen LogP contribution is -2.49. The van der Waals surface area contributed by atoms with E-state index in [9.17, 15) is 5.11 Å². The predicted octanol–water partition coefficient (Wildman–Crippen LogP) is 2.93. The van der Waals surface area contributed by atoms with E-state index >= 15 is 0 Å². The normalized spacial score (nSPS) is 32.2. The molecule has 0 amide bonds. The second-order valence-corrected chi connectivity index (χ2v) is 5.83. The highest BCUT2D eigenvalue weighted by Gasteiger charge is 2.43. The zero-order valence-electron chi connectivity index (χ0n) is 11.0. The SMILES string of the molecule is CN1CC[C@@]2(c3cccc(O)c3)CC=CC[C@H]2C1. The monoisotopic (exact) mass is 243 g/mol. The van der Waals surface area contributed by atoms with Gasteiger partial charge in [-0.15, -0.1) is 0 Å². The molecule has 0 aromatic heterocycles. The summed E-state index contributed by atoms with van der Waals surface area (Å²) in [5, 5.41) is 9.75. The summed E-state index contributed by atoms with van der Waals surface area (Å²) in [6.07, 6.45) is 8.13. The van der Waals surface area contributed by atoms with Crippen LogP contribution in [0.2, 0.25) is 0 Å². The molecule has 0 saturated carbocycles. The third kappa shape index (κ3) is 1.85. The van der Waals surface area contributed by atoms with Crippen molar-refractivity contribution >= 4 is 0 Å². The van der Waals surface area contributed by atoms with Gasteiger partial charge in [-0.1, -0.05) is 24.3 Å². The Hall–Kier alpha value is -1.28. The second kappa shape index (κ2) is 4.43. The molecule has 2 atom stereocenters. The number of aromatic hydroxyl groups is 1. The first-order chi connectivity index (χ1) is 8.71. The largest absolute Gasteiger partial charge is 0.508 e. The molecule has 1 aromatic carbocycles.